The summed E-state index contributed by atoms with van der Waals surface area (Å²) in [6.07, 6.45) is 3.89. The van der Waals surface area contributed by atoms with Gasteiger partial charge in [-0.25, -0.2) is 0 Å². The van der Waals surface area contributed by atoms with Gasteiger partial charge in [0, 0.05) is 17.4 Å². The van der Waals surface area contributed by atoms with Gasteiger partial charge in [-0.15, -0.1) is 0 Å². The molecule has 19 heavy (non-hydrogen) atoms. The van der Waals surface area contributed by atoms with Crippen molar-refractivity contribution in [2.75, 3.05) is 6.61 Å². The van der Waals surface area contributed by atoms with Crippen LogP contribution in [0.5, 0.6) is 0 Å². The molecule has 0 bridgehead atoms. The average Bonchev–Trinajstić information content (AvgIpc) is 2.94. The fourth-order valence-corrected chi connectivity index (χ4v) is 3.82. The summed E-state index contributed by atoms with van der Waals surface area (Å²) in [5.74, 6) is 1.26. The first-order valence-electron chi connectivity index (χ1n) is 7.52. The van der Waals surface area contributed by atoms with Gasteiger partial charge in [0.05, 0.1) is 6.10 Å². The Morgan fingerprint density at radius 2 is 1.84 bits per heavy atom. The fourth-order valence-electron chi connectivity index (χ4n) is 2.91. The number of alkyl halides is 1. The predicted molar refractivity (Wildman–Crippen MR) is 85.0 cm³/mol. The van der Waals surface area contributed by atoms with Crippen molar-refractivity contribution >= 4 is 15.9 Å². The zero-order chi connectivity index (χ0) is 13.8. The van der Waals surface area contributed by atoms with Crippen molar-refractivity contribution < 1.29 is 4.74 Å². The van der Waals surface area contributed by atoms with Crippen molar-refractivity contribution in [1.29, 1.82) is 0 Å². The lowest BCUT2D eigenvalue weighted by Crippen LogP contribution is -2.18. The third-order valence-corrected chi connectivity index (χ3v) is 5.68. The first-order chi connectivity index (χ1) is 9.17. The molecular formula is C17H25BrO. The van der Waals surface area contributed by atoms with Crippen LogP contribution in [-0.2, 0) is 4.74 Å². The quantitative estimate of drug-likeness (QED) is 0.654. The highest BCUT2D eigenvalue weighted by atomic mass is 79.9. The zero-order valence-corrected chi connectivity index (χ0v) is 13.8. The van der Waals surface area contributed by atoms with Gasteiger partial charge in [-0.2, -0.15) is 0 Å². The molecule has 4 unspecified atom stereocenters. The molecule has 1 heterocycles. The second-order valence-electron chi connectivity index (χ2n) is 5.65. The van der Waals surface area contributed by atoms with Gasteiger partial charge in [-0.05, 0) is 36.3 Å². The number of rotatable bonds is 5. The molecule has 1 aliphatic heterocycles. The van der Waals surface area contributed by atoms with Gasteiger partial charge in [0.25, 0.3) is 0 Å². The van der Waals surface area contributed by atoms with E-state index in [-0.39, 0.29) is 0 Å². The molecule has 1 aromatic rings. The van der Waals surface area contributed by atoms with Crippen LogP contribution < -0.4 is 0 Å². The Hall–Kier alpha value is -0.340. The van der Waals surface area contributed by atoms with Crippen LogP contribution >= 0.6 is 15.9 Å². The van der Waals surface area contributed by atoms with E-state index in [0.29, 0.717) is 22.8 Å². The average molecular weight is 325 g/mol. The fraction of sp³-hybridized carbons (Fsp3) is 0.647. The first-order valence-corrected chi connectivity index (χ1v) is 8.44. The number of hydrogen-bond acceptors (Lipinski definition) is 1. The van der Waals surface area contributed by atoms with E-state index in [1.165, 1.54) is 24.0 Å². The second-order valence-corrected chi connectivity index (χ2v) is 6.63. The van der Waals surface area contributed by atoms with Crippen molar-refractivity contribution in [3.63, 3.8) is 0 Å². The van der Waals surface area contributed by atoms with E-state index in [0.717, 1.165) is 13.0 Å². The van der Waals surface area contributed by atoms with E-state index in [4.69, 9.17) is 4.74 Å². The summed E-state index contributed by atoms with van der Waals surface area (Å²) in [4.78, 5) is 0.422. The summed E-state index contributed by atoms with van der Waals surface area (Å²) in [6.45, 7) is 7.66. The molecular weight excluding hydrogens is 300 g/mol. The summed E-state index contributed by atoms with van der Waals surface area (Å²) < 4.78 is 5.81. The Labute approximate surface area is 125 Å². The highest BCUT2D eigenvalue weighted by Gasteiger charge is 2.32. The molecule has 0 N–H and O–H groups in total. The highest BCUT2D eigenvalue weighted by Crippen LogP contribution is 2.40. The minimum atomic E-state index is 0.415. The Balaban J connectivity index is 2.09. The smallest absolute Gasteiger partial charge is 0.0615 e. The standard InChI is InChI=1S/C17H25BrO/c1-4-12(3)13-6-8-14(9-7-13)17(18)15-10-11-19-16(15)5-2/h6-9,12,15-17H,4-5,10-11H2,1-3H3. The molecule has 2 rings (SSSR count). The lowest BCUT2D eigenvalue weighted by atomic mass is 9.90. The first kappa shape index (κ1) is 15.1. The molecule has 0 radical (unpaired) electrons. The third kappa shape index (κ3) is 3.41. The minimum absolute atomic E-state index is 0.415. The van der Waals surface area contributed by atoms with Crippen LogP contribution in [0.15, 0.2) is 24.3 Å². The van der Waals surface area contributed by atoms with Gasteiger partial charge >= 0.3 is 0 Å². The number of benzene rings is 1. The molecule has 106 valence electrons. The van der Waals surface area contributed by atoms with E-state index in [1.807, 2.05) is 0 Å². The van der Waals surface area contributed by atoms with Gasteiger partial charge in [-0.3, -0.25) is 0 Å². The number of hydrogen-bond donors (Lipinski definition) is 0. The SMILES string of the molecule is CCC(C)c1ccc(C(Br)C2CCOC2CC)cc1. The van der Waals surface area contributed by atoms with E-state index >= 15 is 0 Å². The van der Waals surface area contributed by atoms with Crippen LogP contribution in [0.3, 0.4) is 0 Å². The molecule has 0 amide bonds. The third-order valence-electron chi connectivity index (χ3n) is 4.48. The molecule has 4 atom stereocenters. The summed E-state index contributed by atoms with van der Waals surface area (Å²) in [5.41, 5.74) is 2.83. The molecule has 0 aromatic heterocycles. The maximum atomic E-state index is 5.81. The molecule has 0 spiro atoms. The summed E-state index contributed by atoms with van der Waals surface area (Å²) in [7, 11) is 0. The van der Waals surface area contributed by atoms with Gasteiger partial charge in [0.1, 0.15) is 0 Å². The predicted octanol–water partition coefficient (Wildman–Crippen LogP) is 5.45. The van der Waals surface area contributed by atoms with E-state index in [2.05, 4.69) is 61.0 Å². The van der Waals surface area contributed by atoms with E-state index in [1.54, 1.807) is 0 Å². The molecule has 1 aromatic carbocycles. The Bertz CT molecular complexity index is 387. The molecule has 1 nitrogen and oxygen atoms in total. The lowest BCUT2D eigenvalue weighted by molar-refractivity contribution is 0.0873. The van der Waals surface area contributed by atoms with Crippen LogP contribution in [0.25, 0.3) is 0 Å². The van der Waals surface area contributed by atoms with Gasteiger partial charge in [0.15, 0.2) is 0 Å². The van der Waals surface area contributed by atoms with Crippen LogP contribution in [0, 0.1) is 5.92 Å². The van der Waals surface area contributed by atoms with Crippen molar-refractivity contribution in [1.82, 2.24) is 0 Å². The summed E-state index contributed by atoms with van der Waals surface area (Å²) >= 11 is 3.89. The van der Waals surface area contributed by atoms with Crippen LogP contribution in [0.2, 0.25) is 0 Å². The highest BCUT2D eigenvalue weighted by molar-refractivity contribution is 9.09. The molecule has 2 heteroatoms. The lowest BCUT2D eigenvalue weighted by Gasteiger charge is -2.23. The maximum absolute atomic E-state index is 5.81. The van der Waals surface area contributed by atoms with Crippen molar-refractivity contribution in [3.05, 3.63) is 35.4 Å². The van der Waals surface area contributed by atoms with Crippen molar-refractivity contribution in [2.24, 2.45) is 5.92 Å². The molecule has 0 aliphatic carbocycles. The van der Waals surface area contributed by atoms with E-state index in [9.17, 15) is 0 Å². The van der Waals surface area contributed by atoms with E-state index < -0.39 is 0 Å². The Morgan fingerprint density at radius 1 is 1.21 bits per heavy atom. The molecule has 0 saturated carbocycles. The molecule has 1 saturated heterocycles. The maximum Gasteiger partial charge on any atom is 0.0615 e. The topological polar surface area (TPSA) is 9.23 Å². The van der Waals surface area contributed by atoms with Gasteiger partial charge in [0.2, 0.25) is 0 Å². The summed E-state index contributed by atoms with van der Waals surface area (Å²) in [5, 5.41) is 0. The van der Waals surface area contributed by atoms with Crippen molar-refractivity contribution in [2.45, 2.75) is 56.9 Å². The van der Waals surface area contributed by atoms with Gasteiger partial charge < -0.3 is 4.74 Å². The summed E-state index contributed by atoms with van der Waals surface area (Å²) in [6, 6.07) is 9.14. The zero-order valence-electron chi connectivity index (χ0n) is 12.2. The Morgan fingerprint density at radius 3 is 2.42 bits per heavy atom. The van der Waals surface area contributed by atoms with Crippen LogP contribution in [-0.4, -0.2) is 12.7 Å². The largest absolute Gasteiger partial charge is 0.378 e. The number of ether oxygens (including phenoxy) is 1. The molecule has 1 aliphatic rings. The monoisotopic (exact) mass is 324 g/mol. The van der Waals surface area contributed by atoms with Crippen LogP contribution in [0.1, 0.15) is 61.9 Å². The Kier molecular flexibility index (Phi) is 5.47. The second kappa shape index (κ2) is 6.90. The van der Waals surface area contributed by atoms with Gasteiger partial charge in [-0.1, -0.05) is 61.0 Å². The normalized spacial score (nSPS) is 26.3. The minimum Gasteiger partial charge on any atom is -0.378 e. The molecule has 1 fully saturated rings. The van der Waals surface area contributed by atoms with Crippen molar-refractivity contribution in [3.8, 4) is 0 Å². The van der Waals surface area contributed by atoms with Crippen LogP contribution in [0.4, 0.5) is 0 Å². The number of halogens is 1.